The second-order valence-corrected chi connectivity index (χ2v) is 12.1. The summed E-state index contributed by atoms with van der Waals surface area (Å²) in [5.74, 6) is 0. The third-order valence-corrected chi connectivity index (χ3v) is 9.07. The Balaban J connectivity index is 1.21. The Bertz CT molecular complexity index is 2300. The fraction of sp³-hybridized carbons (Fsp3) is 0.0698. The van der Waals surface area contributed by atoms with Gasteiger partial charge in [-0.1, -0.05) is 135 Å². The van der Waals surface area contributed by atoms with Gasteiger partial charge in [0.1, 0.15) is 0 Å². The zero-order valence-corrected chi connectivity index (χ0v) is 24.9. The molecule has 0 amide bonds. The van der Waals surface area contributed by atoms with Crippen LogP contribution in [0.5, 0.6) is 0 Å². The lowest BCUT2D eigenvalue weighted by atomic mass is 9.82. The van der Waals surface area contributed by atoms with Gasteiger partial charge < -0.3 is 4.90 Å². The molecule has 1 aliphatic rings. The number of nitrogens with zero attached hydrogens (tertiary/aromatic N) is 1. The average Bonchev–Trinajstić information content (AvgIpc) is 3.34. The van der Waals surface area contributed by atoms with Crippen LogP contribution in [0.2, 0.25) is 0 Å². The third-order valence-electron chi connectivity index (χ3n) is 9.07. The van der Waals surface area contributed by atoms with Gasteiger partial charge in [0.05, 0.1) is 2.74 Å². The van der Waals surface area contributed by atoms with Crippen LogP contribution in [0.1, 0.15) is 38.8 Å². The number of benzene rings is 7. The van der Waals surface area contributed by atoms with E-state index < -0.39 is 0 Å². The van der Waals surface area contributed by atoms with Crippen LogP contribution in [-0.4, -0.2) is 0 Å². The summed E-state index contributed by atoms with van der Waals surface area (Å²) in [7, 11) is 0. The van der Waals surface area contributed by atoms with Gasteiger partial charge in [0.2, 0.25) is 0 Å². The maximum atomic E-state index is 9.17. The standard InChI is InChI=1S/C43H33N/c1-43(2)41-19-11-10-18-39(41)40-27-26-35(29-42(40)43)44(33-13-4-3-5-14-33)34-24-21-30(22-25-34)20-23-32-28-31-12-6-7-15-36(31)38-17-9-8-16-37(32)38/h3-29H,1-2H3/b23-20+/i20D,23D. The Morgan fingerprint density at radius 3 is 1.93 bits per heavy atom. The summed E-state index contributed by atoms with van der Waals surface area (Å²) >= 11 is 0. The molecule has 0 fully saturated rings. The van der Waals surface area contributed by atoms with Crippen LogP contribution < -0.4 is 4.90 Å². The molecule has 0 atom stereocenters. The highest BCUT2D eigenvalue weighted by atomic mass is 15.1. The van der Waals surface area contributed by atoms with Crippen LogP contribution in [0, 0.1) is 0 Å². The van der Waals surface area contributed by atoms with Crippen molar-refractivity contribution in [1.29, 1.82) is 0 Å². The first-order chi connectivity index (χ1) is 22.4. The predicted octanol–water partition coefficient (Wildman–Crippen LogP) is 11.9. The average molecular weight is 566 g/mol. The van der Waals surface area contributed by atoms with Gasteiger partial charge >= 0.3 is 0 Å². The van der Waals surface area contributed by atoms with Crippen LogP contribution in [0.3, 0.4) is 0 Å². The minimum Gasteiger partial charge on any atom is -0.310 e. The van der Waals surface area contributed by atoms with Gasteiger partial charge in [-0.25, -0.2) is 0 Å². The first kappa shape index (κ1) is 24.1. The number of hydrogen-bond acceptors (Lipinski definition) is 1. The summed E-state index contributed by atoms with van der Waals surface area (Å²) in [6.45, 7) is 4.62. The largest absolute Gasteiger partial charge is 0.310 e. The van der Waals surface area contributed by atoms with E-state index in [1.54, 1.807) is 0 Å². The van der Waals surface area contributed by atoms with E-state index in [0.29, 0.717) is 5.56 Å². The van der Waals surface area contributed by atoms with Gasteiger partial charge in [0.15, 0.2) is 0 Å². The summed E-state index contributed by atoms with van der Waals surface area (Å²) in [6, 6.07) is 52.9. The predicted molar refractivity (Wildman–Crippen MR) is 189 cm³/mol. The summed E-state index contributed by atoms with van der Waals surface area (Å²) in [5.41, 5.74) is 9.82. The van der Waals surface area contributed by atoms with E-state index in [1.807, 2.05) is 48.5 Å². The van der Waals surface area contributed by atoms with Gasteiger partial charge in [-0.05, 0) is 97.4 Å². The van der Waals surface area contributed by atoms with Crippen molar-refractivity contribution in [2.45, 2.75) is 19.3 Å². The van der Waals surface area contributed by atoms with E-state index in [0.717, 1.165) is 44.2 Å². The molecule has 0 saturated carbocycles. The van der Waals surface area contributed by atoms with Crippen LogP contribution >= 0.6 is 0 Å². The molecule has 7 aromatic carbocycles. The lowest BCUT2D eigenvalue weighted by molar-refractivity contribution is 0.660. The van der Waals surface area contributed by atoms with Gasteiger partial charge in [-0.15, -0.1) is 0 Å². The fourth-order valence-electron chi connectivity index (χ4n) is 6.85. The molecule has 0 unspecified atom stereocenters. The molecule has 44 heavy (non-hydrogen) atoms. The van der Waals surface area contributed by atoms with Crippen molar-refractivity contribution >= 4 is 50.7 Å². The number of hydrogen-bond donors (Lipinski definition) is 0. The molecule has 210 valence electrons. The molecule has 1 aliphatic carbocycles. The normalized spacial score (nSPS) is 14.4. The van der Waals surface area contributed by atoms with Crippen LogP contribution in [0.15, 0.2) is 152 Å². The minimum atomic E-state index is -0.101. The van der Waals surface area contributed by atoms with Crippen LogP contribution in [-0.2, 0) is 5.41 Å². The Kier molecular flexibility index (Phi) is 5.69. The van der Waals surface area contributed by atoms with Gasteiger partial charge in [0.25, 0.3) is 0 Å². The topological polar surface area (TPSA) is 3.24 Å². The van der Waals surface area contributed by atoms with Crippen molar-refractivity contribution < 1.29 is 2.74 Å². The summed E-state index contributed by atoms with van der Waals surface area (Å²) in [6.07, 6.45) is 0. The number of para-hydroxylation sites is 1. The van der Waals surface area contributed by atoms with E-state index >= 15 is 0 Å². The zero-order valence-electron chi connectivity index (χ0n) is 26.9. The Morgan fingerprint density at radius 2 is 1.11 bits per heavy atom. The van der Waals surface area contributed by atoms with Crippen molar-refractivity contribution in [3.63, 3.8) is 0 Å². The Morgan fingerprint density at radius 1 is 0.500 bits per heavy atom. The fourth-order valence-corrected chi connectivity index (χ4v) is 6.85. The molecule has 0 bridgehead atoms. The maximum Gasteiger partial charge on any atom is 0.0629 e. The van der Waals surface area contributed by atoms with Gasteiger partial charge in [-0.3, -0.25) is 0 Å². The molecule has 0 N–H and O–H groups in total. The lowest BCUT2D eigenvalue weighted by Gasteiger charge is -2.28. The molecule has 1 nitrogen and oxygen atoms in total. The van der Waals surface area contributed by atoms with Gasteiger partial charge in [-0.2, -0.15) is 0 Å². The first-order valence-electron chi connectivity index (χ1n) is 16.2. The van der Waals surface area contributed by atoms with E-state index in [4.69, 9.17) is 2.74 Å². The van der Waals surface area contributed by atoms with E-state index in [1.165, 1.54) is 22.3 Å². The molecular formula is C43H33N. The van der Waals surface area contributed by atoms with E-state index in [-0.39, 0.29) is 17.5 Å². The summed E-state index contributed by atoms with van der Waals surface area (Å²) in [4.78, 5) is 2.27. The van der Waals surface area contributed by atoms with E-state index in [9.17, 15) is 0 Å². The SMILES string of the molecule is [2H]/C(=C(/[2H])c1cc2ccccc2c2ccccc12)c1ccc(N(c2ccccc2)c2ccc3c(c2)C(C)(C)c2ccccc2-3)cc1. The van der Waals surface area contributed by atoms with Crippen molar-refractivity contribution in [2.24, 2.45) is 0 Å². The highest BCUT2D eigenvalue weighted by Gasteiger charge is 2.35. The molecule has 0 spiro atoms. The number of fused-ring (bicyclic) bond motifs is 6. The molecular weight excluding hydrogens is 530 g/mol. The molecule has 7 aromatic rings. The van der Waals surface area contributed by atoms with Crippen molar-refractivity contribution in [3.05, 3.63) is 174 Å². The van der Waals surface area contributed by atoms with Gasteiger partial charge in [0, 0.05) is 22.5 Å². The summed E-state index contributed by atoms with van der Waals surface area (Å²) in [5, 5.41) is 4.32. The number of anilines is 3. The highest BCUT2D eigenvalue weighted by molar-refractivity contribution is 6.11. The summed E-state index contributed by atoms with van der Waals surface area (Å²) < 4.78 is 18.3. The molecule has 0 aromatic heterocycles. The highest BCUT2D eigenvalue weighted by Crippen LogP contribution is 2.50. The molecule has 0 aliphatic heterocycles. The zero-order chi connectivity index (χ0) is 31.4. The number of rotatable bonds is 5. The van der Waals surface area contributed by atoms with Crippen molar-refractivity contribution in [1.82, 2.24) is 0 Å². The van der Waals surface area contributed by atoms with Crippen molar-refractivity contribution in [3.8, 4) is 11.1 Å². The third kappa shape index (κ3) is 4.32. The first-order valence-corrected chi connectivity index (χ1v) is 15.2. The van der Waals surface area contributed by atoms with E-state index in [2.05, 4.69) is 122 Å². The lowest BCUT2D eigenvalue weighted by Crippen LogP contribution is -2.16. The molecule has 0 radical (unpaired) electrons. The second-order valence-electron chi connectivity index (χ2n) is 12.1. The van der Waals surface area contributed by atoms with Crippen LogP contribution in [0.25, 0.3) is 44.8 Å². The maximum absolute atomic E-state index is 9.17. The quantitative estimate of drug-likeness (QED) is 0.148. The van der Waals surface area contributed by atoms with Crippen molar-refractivity contribution in [2.75, 3.05) is 4.90 Å². The monoisotopic (exact) mass is 565 g/mol. The molecule has 0 heterocycles. The molecule has 1 heteroatoms. The smallest absolute Gasteiger partial charge is 0.0629 e. The second kappa shape index (κ2) is 10.4. The molecule has 0 saturated heterocycles. The van der Waals surface area contributed by atoms with Crippen LogP contribution in [0.4, 0.5) is 17.1 Å². The Hall–Kier alpha value is -5.40. The Labute approximate surface area is 262 Å². The molecule has 8 rings (SSSR count). The minimum absolute atomic E-state index is 0.101.